The van der Waals surface area contributed by atoms with E-state index in [2.05, 4.69) is 11.9 Å². The molecular weight excluding hydrogens is 378 g/mol. The molecule has 0 spiro atoms. The normalized spacial score (nSPS) is 11.2. The summed E-state index contributed by atoms with van der Waals surface area (Å²) in [5.74, 6) is -0.217. The van der Waals surface area contributed by atoms with Crippen molar-refractivity contribution in [3.63, 3.8) is 0 Å². The molecule has 1 atom stereocenters. The third-order valence-electron chi connectivity index (χ3n) is 4.58. The Balaban J connectivity index is 1.79. The Morgan fingerprint density at radius 1 is 0.900 bits per heavy atom. The van der Waals surface area contributed by atoms with E-state index in [4.69, 9.17) is 9.47 Å². The molecule has 3 rings (SSSR count). The van der Waals surface area contributed by atoms with Crippen LogP contribution in [0.15, 0.2) is 97.1 Å². The van der Waals surface area contributed by atoms with E-state index in [0.29, 0.717) is 16.9 Å². The van der Waals surface area contributed by atoms with Crippen molar-refractivity contribution in [2.75, 3.05) is 7.11 Å². The number of carbonyl (C=O) groups is 2. The molecule has 0 aliphatic rings. The molecule has 0 unspecified atom stereocenters. The average Bonchev–Trinajstić information content (AvgIpc) is 2.81. The third kappa shape index (κ3) is 5.35. The molecule has 5 nitrogen and oxygen atoms in total. The molecule has 0 aliphatic heterocycles. The Morgan fingerprint density at radius 2 is 1.50 bits per heavy atom. The highest BCUT2D eigenvalue weighted by Gasteiger charge is 2.24. The smallest absolute Gasteiger partial charge is 0.336 e. The van der Waals surface area contributed by atoms with Crippen LogP contribution < -0.4 is 10.1 Å². The Hall–Kier alpha value is -3.86. The van der Waals surface area contributed by atoms with Gasteiger partial charge in [0.25, 0.3) is 5.91 Å². The molecule has 0 aromatic heterocycles. The molecule has 3 aromatic rings. The number of hydrogen-bond donors (Lipinski definition) is 1. The summed E-state index contributed by atoms with van der Waals surface area (Å²) in [5, 5.41) is 2.89. The van der Waals surface area contributed by atoms with Crippen LogP contribution in [0, 0.1) is 0 Å². The average molecular weight is 401 g/mol. The van der Waals surface area contributed by atoms with Crippen LogP contribution in [0.5, 0.6) is 5.75 Å². The van der Waals surface area contributed by atoms with Gasteiger partial charge >= 0.3 is 5.97 Å². The zero-order valence-electron chi connectivity index (χ0n) is 16.7. The van der Waals surface area contributed by atoms with Crippen molar-refractivity contribution in [2.24, 2.45) is 0 Å². The van der Waals surface area contributed by atoms with Crippen LogP contribution in [0.3, 0.4) is 0 Å². The minimum absolute atomic E-state index is 0.126. The minimum Gasteiger partial charge on any atom is -0.497 e. The zero-order chi connectivity index (χ0) is 21.3. The largest absolute Gasteiger partial charge is 0.497 e. The molecule has 1 amide bonds. The van der Waals surface area contributed by atoms with E-state index in [1.54, 1.807) is 55.6 Å². The molecule has 0 bridgehead atoms. The van der Waals surface area contributed by atoms with Crippen LogP contribution in [-0.2, 0) is 16.1 Å². The second-order valence-electron chi connectivity index (χ2n) is 6.63. The van der Waals surface area contributed by atoms with Crippen molar-refractivity contribution in [3.05, 3.63) is 114 Å². The van der Waals surface area contributed by atoms with E-state index in [0.717, 1.165) is 5.56 Å². The number of rotatable bonds is 8. The standard InChI is InChI=1S/C25H23NO4/c1-18(25(28)30-17-19-9-5-3-6-10-19)23(20-13-15-22(29-2)16-14-20)26-24(27)21-11-7-4-8-12-21/h3-16,23H,1,17H2,2H3,(H,26,27)/t23-/m1/s1. The van der Waals surface area contributed by atoms with Gasteiger partial charge in [-0.05, 0) is 35.4 Å². The molecule has 0 saturated heterocycles. The highest BCUT2D eigenvalue weighted by Crippen LogP contribution is 2.25. The van der Waals surface area contributed by atoms with Gasteiger partial charge in [-0.25, -0.2) is 4.79 Å². The van der Waals surface area contributed by atoms with Crippen LogP contribution in [-0.4, -0.2) is 19.0 Å². The number of esters is 1. The first-order valence-corrected chi connectivity index (χ1v) is 9.48. The van der Waals surface area contributed by atoms with Crippen molar-refractivity contribution in [3.8, 4) is 5.75 Å². The molecule has 1 N–H and O–H groups in total. The predicted octanol–water partition coefficient (Wildman–Crippen LogP) is 4.47. The van der Waals surface area contributed by atoms with Crippen molar-refractivity contribution < 1.29 is 19.1 Å². The van der Waals surface area contributed by atoms with E-state index in [-0.39, 0.29) is 18.1 Å². The highest BCUT2D eigenvalue weighted by atomic mass is 16.5. The monoisotopic (exact) mass is 401 g/mol. The van der Waals surface area contributed by atoms with Gasteiger partial charge in [0.15, 0.2) is 0 Å². The Bertz CT molecular complexity index is 998. The maximum absolute atomic E-state index is 12.7. The van der Waals surface area contributed by atoms with Crippen LogP contribution in [0.25, 0.3) is 0 Å². The van der Waals surface area contributed by atoms with Gasteiger partial charge in [-0.2, -0.15) is 0 Å². The summed E-state index contributed by atoms with van der Waals surface area (Å²) in [5.41, 5.74) is 2.19. The lowest BCUT2D eigenvalue weighted by Gasteiger charge is -2.21. The number of hydrogen-bond acceptors (Lipinski definition) is 4. The van der Waals surface area contributed by atoms with Gasteiger partial charge in [0, 0.05) is 5.56 Å². The highest BCUT2D eigenvalue weighted by molar-refractivity contribution is 5.96. The number of benzene rings is 3. The van der Waals surface area contributed by atoms with Crippen molar-refractivity contribution >= 4 is 11.9 Å². The molecule has 152 valence electrons. The zero-order valence-corrected chi connectivity index (χ0v) is 16.7. The van der Waals surface area contributed by atoms with Gasteiger partial charge in [0.1, 0.15) is 12.4 Å². The summed E-state index contributed by atoms with van der Waals surface area (Å²) < 4.78 is 10.6. The molecule has 0 radical (unpaired) electrons. The molecule has 3 aromatic carbocycles. The summed E-state index contributed by atoms with van der Waals surface area (Å²) in [6.45, 7) is 4.04. The second kappa shape index (κ2) is 10.1. The lowest BCUT2D eigenvalue weighted by atomic mass is 9.99. The van der Waals surface area contributed by atoms with Gasteiger partial charge in [-0.1, -0.05) is 67.2 Å². The molecule has 30 heavy (non-hydrogen) atoms. The molecule has 0 heterocycles. The Morgan fingerprint density at radius 3 is 2.10 bits per heavy atom. The van der Waals surface area contributed by atoms with Crippen LogP contribution >= 0.6 is 0 Å². The van der Waals surface area contributed by atoms with E-state index in [1.807, 2.05) is 36.4 Å². The maximum atomic E-state index is 12.7. The van der Waals surface area contributed by atoms with E-state index >= 15 is 0 Å². The number of methoxy groups -OCH3 is 1. The summed E-state index contributed by atoms with van der Waals surface area (Å²) in [6.07, 6.45) is 0. The first kappa shape index (κ1) is 20.9. The topological polar surface area (TPSA) is 64.6 Å². The number of nitrogens with one attached hydrogen (secondary N) is 1. The minimum atomic E-state index is -0.744. The van der Waals surface area contributed by atoms with Crippen LogP contribution in [0.4, 0.5) is 0 Å². The maximum Gasteiger partial charge on any atom is 0.336 e. The summed E-state index contributed by atoms with van der Waals surface area (Å²) in [6, 6.07) is 24.5. The van der Waals surface area contributed by atoms with Gasteiger partial charge < -0.3 is 14.8 Å². The summed E-state index contributed by atoms with van der Waals surface area (Å²) in [4.78, 5) is 25.4. The quantitative estimate of drug-likeness (QED) is 0.447. The lowest BCUT2D eigenvalue weighted by Crippen LogP contribution is -2.32. The number of ether oxygens (including phenoxy) is 2. The third-order valence-corrected chi connectivity index (χ3v) is 4.58. The Kier molecular flexibility index (Phi) is 7.00. The molecule has 5 heteroatoms. The van der Waals surface area contributed by atoms with Crippen molar-refractivity contribution in [2.45, 2.75) is 12.6 Å². The van der Waals surface area contributed by atoms with Gasteiger partial charge in [0.05, 0.1) is 18.7 Å². The van der Waals surface area contributed by atoms with E-state index in [1.165, 1.54) is 0 Å². The second-order valence-corrected chi connectivity index (χ2v) is 6.63. The fourth-order valence-corrected chi connectivity index (χ4v) is 2.91. The predicted molar refractivity (Wildman–Crippen MR) is 115 cm³/mol. The molecule has 0 saturated carbocycles. The summed E-state index contributed by atoms with van der Waals surface area (Å²) >= 11 is 0. The van der Waals surface area contributed by atoms with Crippen molar-refractivity contribution in [1.29, 1.82) is 0 Å². The molecular formula is C25H23NO4. The molecule has 0 aliphatic carbocycles. The number of amides is 1. The SMILES string of the molecule is C=C(C(=O)OCc1ccccc1)[C@@H](NC(=O)c1ccccc1)c1ccc(OC)cc1. The fourth-order valence-electron chi connectivity index (χ4n) is 2.91. The van der Waals surface area contributed by atoms with Gasteiger partial charge in [-0.3, -0.25) is 4.79 Å². The van der Waals surface area contributed by atoms with E-state index < -0.39 is 12.0 Å². The first-order chi connectivity index (χ1) is 14.6. The van der Waals surface area contributed by atoms with Crippen molar-refractivity contribution in [1.82, 2.24) is 5.32 Å². The lowest BCUT2D eigenvalue weighted by molar-refractivity contribution is -0.140. The fraction of sp³-hybridized carbons (Fsp3) is 0.120. The molecule has 0 fully saturated rings. The van der Waals surface area contributed by atoms with E-state index in [9.17, 15) is 9.59 Å². The van der Waals surface area contributed by atoms with Gasteiger partial charge in [0.2, 0.25) is 0 Å². The van der Waals surface area contributed by atoms with Crippen LogP contribution in [0.2, 0.25) is 0 Å². The number of carbonyl (C=O) groups excluding carboxylic acids is 2. The first-order valence-electron chi connectivity index (χ1n) is 9.48. The van der Waals surface area contributed by atoms with Gasteiger partial charge in [-0.15, -0.1) is 0 Å². The van der Waals surface area contributed by atoms with Crippen LogP contribution in [0.1, 0.15) is 27.5 Å². The summed E-state index contributed by atoms with van der Waals surface area (Å²) in [7, 11) is 1.57. The Labute approximate surface area is 176 Å².